The van der Waals surface area contributed by atoms with Gasteiger partial charge >= 0.3 is 0 Å². The highest BCUT2D eigenvalue weighted by atomic mass is 16.2. The molecule has 1 aliphatic rings. The molecule has 1 aromatic carbocycles. The summed E-state index contributed by atoms with van der Waals surface area (Å²) in [4.78, 5) is 34.6. The SMILES string of the molecule is Cc1nc2ccn(-c3ccccc3)n2c(=O)c1C(=O)N1CCN(C)CC1. The van der Waals surface area contributed by atoms with Crippen molar-refractivity contribution in [3.8, 4) is 5.69 Å². The van der Waals surface area contributed by atoms with E-state index in [0.29, 0.717) is 24.4 Å². The average Bonchev–Trinajstić information content (AvgIpc) is 3.07. The third-order valence-electron chi connectivity index (χ3n) is 4.87. The Labute approximate surface area is 151 Å². The molecule has 4 rings (SSSR count). The fraction of sp³-hybridized carbons (Fsp3) is 0.316. The lowest BCUT2D eigenvalue weighted by Gasteiger charge is -2.32. The highest BCUT2D eigenvalue weighted by molar-refractivity contribution is 5.95. The Morgan fingerprint density at radius 3 is 2.42 bits per heavy atom. The number of aromatic nitrogens is 3. The van der Waals surface area contributed by atoms with Crippen molar-refractivity contribution in [3.05, 3.63) is 64.2 Å². The topological polar surface area (TPSA) is 62.9 Å². The molecule has 0 saturated carbocycles. The average molecular weight is 351 g/mol. The van der Waals surface area contributed by atoms with Crippen LogP contribution in [0.4, 0.5) is 0 Å². The lowest BCUT2D eigenvalue weighted by molar-refractivity contribution is 0.0660. The van der Waals surface area contributed by atoms with Gasteiger partial charge in [0, 0.05) is 38.4 Å². The van der Waals surface area contributed by atoms with E-state index in [0.717, 1.165) is 18.8 Å². The summed E-state index contributed by atoms with van der Waals surface area (Å²) in [6.45, 7) is 4.59. The van der Waals surface area contributed by atoms with Gasteiger partial charge in [-0.15, -0.1) is 0 Å². The molecule has 1 aliphatic heterocycles. The van der Waals surface area contributed by atoms with Crippen molar-refractivity contribution in [2.24, 2.45) is 0 Å². The van der Waals surface area contributed by atoms with Crippen LogP contribution in [0.2, 0.25) is 0 Å². The van der Waals surface area contributed by atoms with Crippen molar-refractivity contribution in [2.45, 2.75) is 6.92 Å². The Morgan fingerprint density at radius 1 is 1.04 bits per heavy atom. The zero-order valence-corrected chi connectivity index (χ0v) is 14.9. The number of para-hydroxylation sites is 1. The van der Waals surface area contributed by atoms with Crippen LogP contribution in [0.25, 0.3) is 11.3 Å². The number of fused-ring (bicyclic) bond motifs is 1. The zero-order chi connectivity index (χ0) is 18.3. The highest BCUT2D eigenvalue weighted by Gasteiger charge is 2.26. The largest absolute Gasteiger partial charge is 0.336 e. The van der Waals surface area contributed by atoms with Gasteiger partial charge in [-0.2, -0.15) is 4.52 Å². The summed E-state index contributed by atoms with van der Waals surface area (Å²) < 4.78 is 3.19. The standard InChI is InChI=1S/C19H21N5O2/c1-14-17(18(25)22-12-10-21(2)11-13-22)19(26)24-16(20-14)8-9-23(24)15-6-4-3-5-7-15/h3-9H,10-13H2,1-2H3. The third kappa shape index (κ3) is 2.70. The Morgan fingerprint density at radius 2 is 1.73 bits per heavy atom. The number of rotatable bonds is 2. The second-order valence-corrected chi connectivity index (χ2v) is 6.64. The van der Waals surface area contributed by atoms with Crippen molar-refractivity contribution in [3.63, 3.8) is 0 Å². The number of piperazine rings is 1. The number of hydrogen-bond donors (Lipinski definition) is 0. The molecular weight excluding hydrogens is 330 g/mol. The minimum absolute atomic E-state index is 0.155. The van der Waals surface area contributed by atoms with E-state index in [1.54, 1.807) is 28.8 Å². The second-order valence-electron chi connectivity index (χ2n) is 6.64. The van der Waals surface area contributed by atoms with Crippen LogP contribution in [-0.2, 0) is 0 Å². The first-order chi connectivity index (χ1) is 12.6. The molecule has 2 aromatic heterocycles. The van der Waals surface area contributed by atoms with Crippen LogP contribution in [0.3, 0.4) is 0 Å². The molecular formula is C19H21N5O2. The first-order valence-corrected chi connectivity index (χ1v) is 8.70. The van der Waals surface area contributed by atoms with Crippen LogP contribution < -0.4 is 5.56 Å². The molecule has 1 fully saturated rings. The van der Waals surface area contributed by atoms with E-state index in [4.69, 9.17) is 0 Å². The van der Waals surface area contributed by atoms with Crippen LogP contribution in [-0.4, -0.2) is 63.1 Å². The van der Waals surface area contributed by atoms with E-state index < -0.39 is 0 Å². The van der Waals surface area contributed by atoms with Crippen molar-refractivity contribution < 1.29 is 4.79 Å². The lowest BCUT2D eigenvalue weighted by atomic mass is 10.2. The number of carbonyl (C=O) groups is 1. The van der Waals surface area contributed by atoms with Gasteiger partial charge in [0.1, 0.15) is 5.56 Å². The van der Waals surface area contributed by atoms with Crippen LogP contribution >= 0.6 is 0 Å². The molecule has 1 saturated heterocycles. The van der Waals surface area contributed by atoms with Gasteiger partial charge in [-0.05, 0) is 26.1 Å². The molecule has 0 bridgehead atoms. The van der Waals surface area contributed by atoms with Crippen molar-refractivity contribution in [1.29, 1.82) is 0 Å². The first kappa shape index (κ1) is 16.5. The van der Waals surface area contributed by atoms with Gasteiger partial charge in [0.15, 0.2) is 5.65 Å². The summed E-state index contributed by atoms with van der Waals surface area (Å²) in [6, 6.07) is 11.3. The molecule has 7 heteroatoms. The van der Waals surface area contributed by atoms with Gasteiger partial charge in [0.25, 0.3) is 11.5 Å². The number of hydrogen-bond acceptors (Lipinski definition) is 4. The second kappa shape index (κ2) is 6.42. The van der Waals surface area contributed by atoms with E-state index in [1.165, 1.54) is 4.52 Å². The maximum Gasteiger partial charge on any atom is 0.286 e. The molecule has 1 amide bonds. The molecule has 0 aliphatic carbocycles. The first-order valence-electron chi connectivity index (χ1n) is 8.70. The van der Waals surface area contributed by atoms with E-state index >= 15 is 0 Å². The van der Waals surface area contributed by atoms with Gasteiger partial charge in [0.05, 0.1) is 11.4 Å². The summed E-state index contributed by atoms with van der Waals surface area (Å²) >= 11 is 0. The maximum atomic E-state index is 13.2. The van der Waals surface area contributed by atoms with E-state index in [1.807, 2.05) is 37.4 Å². The summed E-state index contributed by atoms with van der Waals surface area (Å²) in [7, 11) is 2.03. The minimum Gasteiger partial charge on any atom is -0.336 e. The number of likely N-dealkylation sites (N-methyl/N-ethyl adjacent to an activating group) is 1. The van der Waals surface area contributed by atoms with Gasteiger partial charge in [-0.1, -0.05) is 18.2 Å². The normalized spacial score (nSPS) is 15.5. The quantitative estimate of drug-likeness (QED) is 0.696. The number of aryl methyl sites for hydroxylation is 1. The summed E-state index contributed by atoms with van der Waals surface area (Å²) in [5, 5.41) is 0. The summed E-state index contributed by atoms with van der Waals surface area (Å²) in [5.41, 5.74) is 1.68. The van der Waals surface area contributed by atoms with Crippen molar-refractivity contribution in [1.82, 2.24) is 24.0 Å². The Kier molecular flexibility index (Phi) is 4.08. The molecule has 0 spiro atoms. The molecule has 0 radical (unpaired) electrons. The van der Waals surface area contributed by atoms with Crippen LogP contribution in [0.1, 0.15) is 16.1 Å². The zero-order valence-electron chi connectivity index (χ0n) is 14.9. The maximum absolute atomic E-state index is 13.2. The molecule has 0 N–H and O–H groups in total. The Balaban J connectivity index is 1.83. The predicted molar refractivity (Wildman–Crippen MR) is 98.9 cm³/mol. The third-order valence-corrected chi connectivity index (χ3v) is 4.87. The Hall–Kier alpha value is -2.93. The summed E-state index contributed by atoms with van der Waals surface area (Å²) in [5.74, 6) is -0.233. The van der Waals surface area contributed by atoms with Gasteiger partial charge in [-0.3, -0.25) is 14.3 Å². The number of benzene rings is 1. The predicted octanol–water partition coefficient (Wildman–Crippen LogP) is 1.18. The van der Waals surface area contributed by atoms with E-state index in [9.17, 15) is 9.59 Å². The number of carbonyl (C=O) groups excluding carboxylic acids is 1. The Bertz CT molecular complexity index is 1010. The lowest BCUT2D eigenvalue weighted by Crippen LogP contribution is -2.48. The minimum atomic E-state index is -0.328. The fourth-order valence-electron chi connectivity index (χ4n) is 3.36. The van der Waals surface area contributed by atoms with Gasteiger partial charge in [-0.25, -0.2) is 4.98 Å². The molecule has 26 heavy (non-hydrogen) atoms. The summed E-state index contributed by atoms with van der Waals surface area (Å²) in [6.07, 6.45) is 1.79. The van der Waals surface area contributed by atoms with Crippen LogP contribution in [0.15, 0.2) is 47.4 Å². The van der Waals surface area contributed by atoms with E-state index in [-0.39, 0.29) is 17.0 Å². The fourth-order valence-corrected chi connectivity index (χ4v) is 3.36. The van der Waals surface area contributed by atoms with Crippen molar-refractivity contribution >= 4 is 11.6 Å². The van der Waals surface area contributed by atoms with Crippen molar-refractivity contribution in [2.75, 3.05) is 33.2 Å². The van der Waals surface area contributed by atoms with Crippen LogP contribution in [0, 0.1) is 6.92 Å². The molecule has 3 aromatic rings. The monoisotopic (exact) mass is 351 g/mol. The van der Waals surface area contributed by atoms with Gasteiger partial charge < -0.3 is 9.80 Å². The van der Waals surface area contributed by atoms with Crippen LogP contribution in [0.5, 0.6) is 0 Å². The smallest absolute Gasteiger partial charge is 0.286 e. The number of nitrogens with zero attached hydrogens (tertiary/aromatic N) is 5. The molecule has 0 unspecified atom stereocenters. The van der Waals surface area contributed by atoms with E-state index in [2.05, 4.69) is 9.88 Å². The highest BCUT2D eigenvalue weighted by Crippen LogP contribution is 2.13. The molecule has 0 atom stereocenters. The molecule has 7 nitrogen and oxygen atoms in total. The molecule has 134 valence electrons. The number of amides is 1. The van der Waals surface area contributed by atoms with Gasteiger partial charge in [0.2, 0.25) is 0 Å². The molecule has 3 heterocycles.